The van der Waals surface area contributed by atoms with Gasteiger partial charge >= 0.3 is 5.97 Å². The summed E-state index contributed by atoms with van der Waals surface area (Å²) in [5, 5.41) is 5.79. The Labute approximate surface area is 109 Å². The van der Waals surface area contributed by atoms with Gasteiger partial charge < -0.3 is 14.6 Å². The van der Waals surface area contributed by atoms with Gasteiger partial charge in [-0.05, 0) is 0 Å². The highest BCUT2D eigenvalue weighted by atomic mass is 32.1. The number of carbonyl (C=O) groups is 1. The van der Waals surface area contributed by atoms with Gasteiger partial charge in [0.1, 0.15) is 5.82 Å². The maximum atomic E-state index is 11.1. The maximum Gasteiger partial charge on any atom is 0.311 e. The molecular weight excluding hydrogens is 252 g/mol. The van der Waals surface area contributed by atoms with Crippen LogP contribution in [0.5, 0.6) is 0 Å². The lowest BCUT2D eigenvalue weighted by Gasteiger charge is -2.02. The number of nitrogens with zero attached hydrogens (tertiary/aromatic N) is 3. The van der Waals surface area contributed by atoms with Gasteiger partial charge in [0.15, 0.2) is 5.13 Å². The molecule has 0 atom stereocenters. The summed E-state index contributed by atoms with van der Waals surface area (Å²) in [6.45, 7) is 0.606. The molecule has 0 aliphatic carbocycles. The summed E-state index contributed by atoms with van der Waals surface area (Å²) in [5.74, 6) is 0.649. The fourth-order valence-corrected chi connectivity index (χ4v) is 2.12. The van der Waals surface area contributed by atoms with Crippen LogP contribution in [-0.2, 0) is 29.5 Å². The predicted molar refractivity (Wildman–Crippen MR) is 68.4 cm³/mol. The summed E-state index contributed by atoms with van der Waals surface area (Å²) in [4.78, 5) is 19.6. The summed E-state index contributed by atoms with van der Waals surface area (Å²) in [5.41, 5.74) is 0.717. The average Bonchev–Trinajstić information content (AvgIpc) is 2.96. The van der Waals surface area contributed by atoms with Crippen LogP contribution in [0.15, 0.2) is 17.8 Å². The quantitative estimate of drug-likeness (QED) is 0.824. The zero-order valence-electron chi connectivity index (χ0n) is 10.2. The lowest BCUT2D eigenvalue weighted by atomic mass is 10.3. The molecule has 18 heavy (non-hydrogen) atoms. The number of aromatic nitrogens is 3. The molecule has 0 bridgehead atoms. The number of hydrogen-bond acceptors (Lipinski definition) is 6. The topological polar surface area (TPSA) is 69.0 Å². The van der Waals surface area contributed by atoms with Gasteiger partial charge in [0.05, 0.1) is 25.8 Å². The number of thiazole rings is 1. The van der Waals surface area contributed by atoms with Crippen LogP contribution >= 0.6 is 11.3 Å². The van der Waals surface area contributed by atoms with E-state index in [1.807, 2.05) is 23.2 Å². The predicted octanol–water partition coefficient (Wildman–Crippen LogP) is 1.20. The Bertz CT molecular complexity index is 535. The Morgan fingerprint density at radius 1 is 1.61 bits per heavy atom. The van der Waals surface area contributed by atoms with Gasteiger partial charge in [-0.2, -0.15) is 0 Å². The SMILES string of the molecule is COC(=O)Cc1csc(NCc2nccn2C)n1. The minimum Gasteiger partial charge on any atom is -0.469 e. The molecular formula is C11H14N4O2S. The zero-order valence-corrected chi connectivity index (χ0v) is 11.0. The summed E-state index contributed by atoms with van der Waals surface area (Å²) >= 11 is 1.46. The van der Waals surface area contributed by atoms with E-state index >= 15 is 0 Å². The van der Waals surface area contributed by atoms with Gasteiger partial charge in [-0.3, -0.25) is 4.79 Å². The first-order valence-corrected chi connectivity index (χ1v) is 6.28. The summed E-state index contributed by atoms with van der Waals surface area (Å²) in [7, 11) is 3.31. The molecule has 0 aromatic carbocycles. The second-order valence-corrected chi connectivity index (χ2v) is 4.56. The molecule has 2 heterocycles. The van der Waals surface area contributed by atoms with E-state index in [9.17, 15) is 4.79 Å². The van der Waals surface area contributed by atoms with Crippen LogP contribution in [0.3, 0.4) is 0 Å². The van der Waals surface area contributed by atoms with E-state index < -0.39 is 0 Å². The monoisotopic (exact) mass is 266 g/mol. The number of aryl methyl sites for hydroxylation is 1. The standard InChI is InChI=1S/C11H14N4O2S/c1-15-4-3-12-9(15)6-13-11-14-8(7-18-11)5-10(16)17-2/h3-4,7H,5-6H2,1-2H3,(H,13,14). The molecule has 2 aromatic rings. The second kappa shape index (κ2) is 5.63. The van der Waals surface area contributed by atoms with Crippen molar-refractivity contribution in [2.24, 2.45) is 7.05 Å². The van der Waals surface area contributed by atoms with Gasteiger partial charge in [-0.15, -0.1) is 11.3 Å². The third-order valence-electron chi connectivity index (χ3n) is 2.42. The molecule has 0 unspecified atom stereocenters. The highest BCUT2D eigenvalue weighted by molar-refractivity contribution is 7.13. The zero-order chi connectivity index (χ0) is 13.0. The van der Waals surface area contributed by atoms with Gasteiger partial charge in [-0.25, -0.2) is 9.97 Å². The Hall–Kier alpha value is -1.89. The van der Waals surface area contributed by atoms with Crippen molar-refractivity contribution < 1.29 is 9.53 Å². The number of carbonyl (C=O) groups excluding carboxylic acids is 1. The largest absolute Gasteiger partial charge is 0.469 e. The van der Waals surface area contributed by atoms with E-state index in [-0.39, 0.29) is 12.4 Å². The Kier molecular flexibility index (Phi) is 3.93. The molecule has 0 saturated heterocycles. The molecule has 0 radical (unpaired) electrons. The van der Waals surface area contributed by atoms with Gasteiger partial charge in [-0.1, -0.05) is 0 Å². The molecule has 1 N–H and O–H groups in total. The van der Waals surface area contributed by atoms with Crippen molar-refractivity contribution in [3.8, 4) is 0 Å². The van der Waals surface area contributed by atoms with Gasteiger partial charge in [0.2, 0.25) is 0 Å². The minimum atomic E-state index is -0.282. The van der Waals surface area contributed by atoms with Crippen molar-refractivity contribution in [3.63, 3.8) is 0 Å². The van der Waals surface area contributed by atoms with Crippen molar-refractivity contribution in [2.75, 3.05) is 12.4 Å². The van der Waals surface area contributed by atoms with E-state index in [4.69, 9.17) is 0 Å². The number of methoxy groups -OCH3 is 1. The van der Waals surface area contributed by atoms with E-state index in [0.29, 0.717) is 12.2 Å². The van der Waals surface area contributed by atoms with Crippen molar-refractivity contribution >= 4 is 22.4 Å². The van der Waals surface area contributed by atoms with Gasteiger partial charge in [0.25, 0.3) is 0 Å². The first-order chi connectivity index (χ1) is 8.69. The summed E-state index contributed by atoms with van der Waals surface area (Å²) in [6, 6.07) is 0. The second-order valence-electron chi connectivity index (χ2n) is 3.70. The third-order valence-corrected chi connectivity index (χ3v) is 3.27. The molecule has 96 valence electrons. The van der Waals surface area contributed by atoms with Crippen LogP contribution in [-0.4, -0.2) is 27.6 Å². The van der Waals surface area contributed by atoms with Crippen molar-refractivity contribution in [2.45, 2.75) is 13.0 Å². The summed E-state index contributed by atoms with van der Waals surface area (Å²) in [6.07, 6.45) is 3.85. The minimum absolute atomic E-state index is 0.205. The van der Waals surface area contributed by atoms with Gasteiger partial charge in [0, 0.05) is 24.8 Å². The third kappa shape index (κ3) is 3.07. The summed E-state index contributed by atoms with van der Waals surface area (Å²) < 4.78 is 6.53. The van der Waals surface area contributed by atoms with Crippen molar-refractivity contribution in [1.29, 1.82) is 0 Å². The van der Waals surface area contributed by atoms with Crippen LogP contribution in [0.2, 0.25) is 0 Å². The van der Waals surface area contributed by atoms with E-state index in [2.05, 4.69) is 20.0 Å². The van der Waals surface area contributed by atoms with Crippen LogP contribution in [0.25, 0.3) is 0 Å². The number of hydrogen-bond donors (Lipinski definition) is 1. The Morgan fingerprint density at radius 3 is 3.11 bits per heavy atom. The first-order valence-electron chi connectivity index (χ1n) is 5.40. The molecule has 0 saturated carbocycles. The van der Waals surface area contributed by atoms with Crippen LogP contribution in [0.4, 0.5) is 5.13 Å². The molecule has 0 amide bonds. The number of anilines is 1. The molecule has 2 rings (SSSR count). The first kappa shape index (κ1) is 12.6. The van der Waals surface area contributed by atoms with E-state index in [0.717, 1.165) is 11.0 Å². The average molecular weight is 266 g/mol. The Balaban J connectivity index is 1.91. The lowest BCUT2D eigenvalue weighted by molar-refractivity contribution is -0.139. The van der Waals surface area contributed by atoms with Crippen molar-refractivity contribution in [3.05, 3.63) is 29.3 Å². The molecule has 0 aliphatic rings. The van der Waals surface area contributed by atoms with Crippen LogP contribution in [0.1, 0.15) is 11.5 Å². The highest BCUT2D eigenvalue weighted by Crippen LogP contribution is 2.16. The van der Waals surface area contributed by atoms with E-state index in [1.165, 1.54) is 18.4 Å². The molecule has 2 aromatic heterocycles. The van der Waals surface area contributed by atoms with E-state index in [1.54, 1.807) is 6.20 Å². The molecule has 0 spiro atoms. The number of ether oxygens (including phenoxy) is 1. The lowest BCUT2D eigenvalue weighted by Crippen LogP contribution is -2.06. The van der Waals surface area contributed by atoms with Crippen molar-refractivity contribution in [1.82, 2.24) is 14.5 Å². The molecule has 0 fully saturated rings. The smallest absolute Gasteiger partial charge is 0.311 e. The molecule has 6 nitrogen and oxygen atoms in total. The number of rotatable bonds is 5. The van der Waals surface area contributed by atoms with Crippen LogP contribution < -0.4 is 5.32 Å². The maximum absolute atomic E-state index is 11.1. The number of imidazole rings is 1. The normalized spacial score (nSPS) is 10.3. The number of esters is 1. The molecule has 7 heteroatoms. The number of nitrogens with one attached hydrogen (secondary N) is 1. The Morgan fingerprint density at radius 2 is 2.44 bits per heavy atom. The molecule has 0 aliphatic heterocycles. The fraction of sp³-hybridized carbons (Fsp3) is 0.364. The highest BCUT2D eigenvalue weighted by Gasteiger charge is 2.08. The fourth-order valence-electron chi connectivity index (χ4n) is 1.41. The van der Waals surface area contributed by atoms with Crippen LogP contribution in [0, 0.1) is 0 Å².